The van der Waals surface area contributed by atoms with Gasteiger partial charge in [-0.25, -0.2) is 0 Å². The van der Waals surface area contributed by atoms with Crippen molar-refractivity contribution in [2.24, 2.45) is 0 Å². The fraction of sp³-hybridized carbons (Fsp3) is 0.600. The Morgan fingerprint density at radius 2 is 1.76 bits per heavy atom. The number of allylic oxidation sites excluding steroid dienone is 3. The van der Waals surface area contributed by atoms with Gasteiger partial charge in [0.25, 0.3) is 0 Å². The zero-order valence-electron chi connectivity index (χ0n) is 10.9. The van der Waals surface area contributed by atoms with Gasteiger partial charge in [-0.05, 0) is 51.5 Å². The summed E-state index contributed by atoms with van der Waals surface area (Å²) in [6.45, 7) is 4.26. The molecule has 1 atom stereocenters. The van der Waals surface area contributed by atoms with Gasteiger partial charge in [-0.15, -0.1) is 0 Å². The Labute approximate surface area is 104 Å². The summed E-state index contributed by atoms with van der Waals surface area (Å²) >= 11 is 0. The maximum Gasteiger partial charge on any atom is 0.0761 e. The molecule has 1 rings (SSSR count). The van der Waals surface area contributed by atoms with Crippen LogP contribution in [0.5, 0.6) is 0 Å². The summed E-state index contributed by atoms with van der Waals surface area (Å²) in [6, 6.07) is 0. The van der Waals surface area contributed by atoms with Crippen LogP contribution < -0.4 is 0 Å². The Morgan fingerprint density at radius 3 is 2.47 bits per heavy atom. The summed E-state index contributed by atoms with van der Waals surface area (Å²) in [4.78, 5) is 0. The summed E-state index contributed by atoms with van der Waals surface area (Å²) < 4.78 is 0. The van der Waals surface area contributed by atoms with Crippen LogP contribution in [0.15, 0.2) is 34.9 Å². The first-order chi connectivity index (χ1) is 8.11. The van der Waals surface area contributed by atoms with Gasteiger partial charge in [0.05, 0.1) is 12.7 Å². The Morgan fingerprint density at radius 1 is 1.12 bits per heavy atom. The van der Waals surface area contributed by atoms with Crippen LogP contribution in [0.2, 0.25) is 0 Å². The van der Waals surface area contributed by atoms with Crippen LogP contribution in [0.1, 0.15) is 46.0 Å². The van der Waals surface area contributed by atoms with E-state index in [4.69, 9.17) is 0 Å². The molecule has 0 amide bonds. The van der Waals surface area contributed by atoms with Crippen LogP contribution in [0.4, 0.5) is 0 Å². The molecule has 0 saturated carbocycles. The molecule has 0 aliphatic heterocycles. The summed E-state index contributed by atoms with van der Waals surface area (Å²) in [6.07, 6.45) is 10.4. The lowest BCUT2D eigenvalue weighted by Crippen LogP contribution is -2.06. The predicted octanol–water partition coefficient (Wildman–Crippen LogP) is 3.12. The monoisotopic (exact) mass is 236 g/mol. The highest BCUT2D eigenvalue weighted by molar-refractivity contribution is 5.13. The van der Waals surface area contributed by atoms with Crippen LogP contribution in [-0.2, 0) is 0 Å². The van der Waals surface area contributed by atoms with Crippen molar-refractivity contribution in [3.05, 3.63) is 34.9 Å². The molecule has 2 heteroatoms. The number of hydrogen-bond donors (Lipinski definition) is 2. The van der Waals surface area contributed by atoms with Gasteiger partial charge in [0.2, 0.25) is 0 Å². The minimum absolute atomic E-state index is 0.0483. The van der Waals surface area contributed by atoms with Crippen molar-refractivity contribution in [2.45, 2.75) is 52.1 Å². The average Bonchev–Trinajstić information content (AvgIpc) is 2.26. The highest BCUT2D eigenvalue weighted by Crippen LogP contribution is 2.16. The number of rotatable bonds is 1. The van der Waals surface area contributed by atoms with Crippen LogP contribution in [0.25, 0.3) is 0 Å². The lowest BCUT2D eigenvalue weighted by atomic mass is 10.00. The predicted molar refractivity (Wildman–Crippen MR) is 71.8 cm³/mol. The van der Waals surface area contributed by atoms with E-state index in [0.717, 1.165) is 31.3 Å². The largest absolute Gasteiger partial charge is 0.392 e. The molecule has 0 spiro atoms. The molecule has 0 aromatic heterocycles. The number of hydrogen-bond acceptors (Lipinski definition) is 2. The first kappa shape index (κ1) is 14.2. The van der Waals surface area contributed by atoms with E-state index in [2.05, 4.69) is 26.0 Å². The van der Waals surface area contributed by atoms with Crippen molar-refractivity contribution in [1.29, 1.82) is 0 Å². The molecule has 0 heterocycles. The lowest BCUT2D eigenvalue weighted by molar-refractivity contribution is 0.219. The van der Waals surface area contributed by atoms with Crippen molar-refractivity contribution in [2.75, 3.05) is 6.61 Å². The quantitative estimate of drug-likeness (QED) is 0.687. The second kappa shape index (κ2) is 7.46. The van der Waals surface area contributed by atoms with E-state index in [1.165, 1.54) is 11.1 Å². The van der Waals surface area contributed by atoms with E-state index in [-0.39, 0.29) is 6.61 Å². The van der Waals surface area contributed by atoms with Gasteiger partial charge in [0.1, 0.15) is 0 Å². The first-order valence-corrected chi connectivity index (χ1v) is 6.41. The molecule has 0 bridgehead atoms. The molecule has 0 radical (unpaired) electrons. The van der Waals surface area contributed by atoms with Crippen molar-refractivity contribution in [3.8, 4) is 0 Å². The van der Waals surface area contributed by atoms with Crippen LogP contribution in [0.3, 0.4) is 0 Å². The fourth-order valence-electron chi connectivity index (χ4n) is 2.11. The summed E-state index contributed by atoms with van der Waals surface area (Å²) in [5.41, 5.74) is 3.57. The smallest absolute Gasteiger partial charge is 0.0761 e. The maximum absolute atomic E-state index is 9.87. The van der Waals surface area contributed by atoms with Crippen LogP contribution >= 0.6 is 0 Å². The van der Waals surface area contributed by atoms with Gasteiger partial charge >= 0.3 is 0 Å². The Kier molecular flexibility index (Phi) is 6.23. The maximum atomic E-state index is 9.87. The molecule has 0 aromatic rings. The van der Waals surface area contributed by atoms with Gasteiger partial charge in [-0.3, -0.25) is 0 Å². The summed E-state index contributed by atoms with van der Waals surface area (Å²) in [5, 5.41) is 19.1. The molecule has 2 N–H and O–H groups in total. The zero-order valence-corrected chi connectivity index (χ0v) is 10.9. The summed E-state index contributed by atoms with van der Waals surface area (Å²) in [5.74, 6) is 0. The van der Waals surface area contributed by atoms with E-state index in [0.29, 0.717) is 6.42 Å². The zero-order chi connectivity index (χ0) is 12.7. The van der Waals surface area contributed by atoms with Crippen molar-refractivity contribution in [3.63, 3.8) is 0 Å². The Bertz CT molecular complexity index is 324. The van der Waals surface area contributed by atoms with Crippen LogP contribution in [0, 0.1) is 0 Å². The standard InChI is InChI=1S/C15H24O2/c1-12-5-3-7-13(2)9-15(17)10-14(11-16)8-4-6-12/h6-7,10,15-17H,3-5,8-9,11H2,1-2H3/b12-6+,13-7+,14-10-. The van der Waals surface area contributed by atoms with Crippen molar-refractivity contribution >= 4 is 0 Å². The highest BCUT2D eigenvalue weighted by Gasteiger charge is 2.05. The molecule has 1 unspecified atom stereocenters. The molecular formula is C15H24O2. The molecule has 0 fully saturated rings. The lowest BCUT2D eigenvalue weighted by Gasteiger charge is -2.11. The third-order valence-electron chi connectivity index (χ3n) is 3.15. The van der Waals surface area contributed by atoms with Crippen LogP contribution in [-0.4, -0.2) is 22.9 Å². The molecule has 17 heavy (non-hydrogen) atoms. The third kappa shape index (κ3) is 5.85. The Hall–Kier alpha value is -0.860. The van der Waals surface area contributed by atoms with Gasteiger partial charge in [0.15, 0.2) is 0 Å². The Balaban J connectivity index is 2.78. The van der Waals surface area contributed by atoms with Crippen molar-refractivity contribution in [1.82, 2.24) is 0 Å². The molecule has 96 valence electrons. The van der Waals surface area contributed by atoms with Gasteiger partial charge in [-0.1, -0.05) is 29.4 Å². The fourth-order valence-corrected chi connectivity index (χ4v) is 2.11. The molecule has 0 aromatic carbocycles. The average molecular weight is 236 g/mol. The number of aliphatic hydroxyl groups is 2. The minimum Gasteiger partial charge on any atom is -0.392 e. The SMILES string of the molecule is C/C1=C\CC/C(CO)=C/C(O)C/C(C)=C/CC1. The van der Waals surface area contributed by atoms with Crippen molar-refractivity contribution < 1.29 is 10.2 Å². The number of aliphatic hydroxyl groups excluding tert-OH is 2. The van der Waals surface area contributed by atoms with Gasteiger partial charge in [0, 0.05) is 0 Å². The molecule has 0 saturated heterocycles. The second-order valence-corrected chi connectivity index (χ2v) is 4.93. The molecule has 1 aliphatic rings. The topological polar surface area (TPSA) is 40.5 Å². The molecule has 2 nitrogen and oxygen atoms in total. The van der Waals surface area contributed by atoms with E-state index in [9.17, 15) is 10.2 Å². The van der Waals surface area contributed by atoms with E-state index in [1.54, 1.807) is 0 Å². The van der Waals surface area contributed by atoms with E-state index < -0.39 is 6.10 Å². The highest BCUT2D eigenvalue weighted by atomic mass is 16.3. The molecular weight excluding hydrogens is 212 g/mol. The normalized spacial score (nSPS) is 33.2. The first-order valence-electron chi connectivity index (χ1n) is 6.41. The second-order valence-electron chi connectivity index (χ2n) is 4.93. The minimum atomic E-state index is -0.460. The third-order valence-corrected chi connectivity index (χ3v) is 3.15. The van der Waals surface area contributed by atoms with E-state index >= 15 is 0 Å². The van der Waals surface area contributed by atoms with Gasteiger partial charge < -0.3 is 10.2 Å². The summed E-state index contributed by atoms with van der Waals surface area (Å²) in [7, 11) is 0. The van der Waals surface area contributed by atoms with E-state index in [1.807, 2.05) is 6.08 Å². The molecule has 1 aliphatic carbocycles. The van der Waals surface area contributed by atoms with Gasteiger partial charge in [-0.2, -0.15) is 0 Å².